The van der Waals surface area contributed by atoms with E-state index >= 15 is 0 Å². The molecule has 1 aliphatic rings. The number of carbonyl (C=O) groups excluding carboxylic acids is 1. The summed E-state index contributed by atoms with van der Waals surface area (Å²) in [6.07, 6.45) is 5.52. The number of amides is 2. The number of urea groups is 1. The number of nitrogens with zero attached hydrogens (tertiary/aromatic N) is 5. The van der Waals surface area contributed by atoms with E-state index < -0.39 is 0 Å². The van der Waals surface area contributed by atoms with Gasteiger partial charge in [-0.2, -0.15) is 5.10 Å². The van der Waals surface area contributed by atoms with Crippen LogP contribution in [0.15, 0.2) is 42.9 Å². The number of nitrogens with one attached hydrogen (secondary N) is 2. The third-order valence-corrected chi connectivity index (χ3v) is 5.59. The summed E-state index contributed by atoms with van der Waals surface area (Å²) < 4.78 is 7.74. The highest BCUT2D eigenvalue weighted by atomic mass is 16.5. The van der Waals surface area contributed by atoms with E-state index in [-0.39, 0.29) is 17.7 Å². The number of aromatic nitrogens is 4. The number of benzene rings is 1. The van der Waals surface area contributed by atoms with Crippen molar-refractivity contribution in [2.75, 3.05) is 18.4 Å². The van der Waals surface area contributed by atoms with Gasteiger partial charge in [0.05, 0.1) is 42.4 Å². The molecule has 0 saturated carbocycles. The van der Waals surface area contributed by atoms with Crippen LogP contribution in [0.25, 0.3) is 11.3 Å². The Morgan fingerprint density at radius 3 is 2.71 bits per heavy atom. The lowest BCUT2D eigenvalue weighted by atomic mass is 10.0. The lowest BCUT2D eigenvalue weighted by Crippen LogP contribution is -2.59. The molecule has 0 atom stereocenters. The summed E-state index contributed by atoms with van der Waals surface area (Å²) in [5.41, 5.74) is 4.63. The van der Waals surface area contributed by atoms with Crippen molar-refractivity contribution in [3.63, 3.8) is 0 Å². The van der Waals surface area contributed by atoms with Crippen LogP contribution in [-0.4, -0.2) is 55.5 Å². The van der Waals surface area contributed by atoms with Crippen molar-refractivity contribution in [3.8, 4) is 11.3 Å². The van der Waals surface area contributed by atoms with E-state index in [9.17, 15) is 4.79 Å². The Bertz CT molecular complexity index is 1150. The number of aryl methyl sites for hydroxylation is 2. The Morgan fingerprint density at radius 2 is 2.03 bits per heavy atom. The van der Waals surface area contributed by atoms with Crippen molar-refractivity contribution < 1.29 is 9.53 Å². The Balaban J connectivity index is 1.34. The zero-order valence-corrected chi connectivity index (χ0v) is 20.5. The molecule has 0 bridgehead atoms. The number of hydrogen-bond donors (Lipinski definition) is 2. The molecule has 9 nitrogen and oxygen atoms in total. The number of carbonyl (C=O) groups is 1. The fourth-order valence-corrected chi connectivity index (χ4v) is 3.82. The number of rotatable bonds is 7. The maximum absolute atomic E-state index is 12.4. The number of hydrogen-bond acceptors (Lipinski definition) is 6. The highest BCUT2D eigenvalue weighted by Crippen LogP contribution is 2.23. The number of ether oxygens (including phenoxy) is 1. The fourth-order valence-electron chi connectivity index (χ4n) is 3.82. The van der Waals surface area contributed by atoms with Crippen LogP contribution < -0.4 is 10.6 Å². The molecule has 2 aromatic heterocycles. The molecular formula is C25H33N7O2. The molecule has 0 spiro atoms. The normalized spacial score (nSPS) is 14.1. The molecule has 3 heterocycles. The Kier molecular flexibility index (Phi) is 6.83. The zero-order chi connectivity index (χ0) is 24.3. The first kappa shape index (κ1) is 23.7. The van der Waals surface area contributed by atoms with E-state index in [0.29, 0.717) is 25.6 Å². The summed E-state index contributed by atoms with van der Waals surface area (Å²) in [5, 5.41) is 10.5. The highest BCUT2D eigenvalue weighted by molar-refractivity contribution is 5.75. The minimum Gasteiger partial charge on any atom is -0.369 e. The van der Waals surface area contributed by atoms with Gasteiger partial charge in [0, 0.05) is 31.0 Å². The highest BCUT2D eigenvalue weighted by Gasteiger charge is 2.33. The van der Waals surface area contributed by atoms with Crippen LogP contribution in [0.5, 0.6) is 0 Å². The van der Waals surface area contributed by atoms with E-state index in [1.54, 1.807) is 17.3 Å². The minimum absolute atomic E-state index is 0.0600. The quantitative estimate of drug-likeness (QED) is 0.547. The molecule has 0 radical (unpaired) electrons. The second-order valence-corrected chi connectivity index (χ2v) is 9.53. The van der Waals surface area contributed by atoms with E-state index in [2.05, 4.69) is 31.8 Å². The molecule has 34 heavy (non-hydrogen) atoms. The standard InChI is InChI=1S/C25H33N7O2/c1-6-32-14-20(13-28-32)29-23-26-10-9-22(30-23)18-7-8-19(17(2)11-18)12-27-24(33)31-15-21(16-31)34-25(3,4)5/h7-11,13-14,21H,6,12,15-16H2,1-5H3,(H,27,33)(H,26,29,30). The Hall–Kier alpha value is -3.46. The fraction of sp³-hybridized carbons (Fsp3) is 0.440. The molecule has 1 aliphatic heterocycles. The molecule has 1 saturated heterocycles. The summed E-state index contributed by atoms with van der Waals surface area (Å²) in [6, 6.07) is 7.96. The predicted molar refractivity (Wildman–Crippen MR) is 132 cm³/mol. The largest absolute Gasteiger partial charge is 0.369 e. The van der Waals surface area contributed by atoms with Crippen LogP contribution in [0.3, 0.4) is 0 Å². The summed E-state index contributed by atoms with van der Waals surface area (Å²) in [5.74, 6) is 0.519. The maximum Gasteiger partial charge on any atom is 0.317 e. The predicted octanol–water partition coefficient (Wildman–Crippen LogP) is 4.12. The smallest absolute Gasteiger partial charge is 0.317 e. The average molecular weight is 464 g/mol. The van der Waals surface area contributed by atoms with Gasteiger partial charge in [0.25, 0.3) is 0 Å². The van der Waals surface area contributed by atoms with Crippen LogP contribution in [0, 0.1) is 6.92 Å². The van der Waals surface area contributed by atoms with E-state index in [4.69, 9.17) is 4.74 Å². The minimum atomic E-state index is -0.190. The first-order valence-corrected chi connectivity index (χ1v) is 11.6. The molecule has 2 N–H and O–H groups in total. The van der Waals surface area contributed by atoms with Gasteiger partial charge in [0.15, 0.2) is 0 Å². The number of likely N-dealkylation sites (tertiary alicyclic amines) is 1. The second-order valence-electron chi connectivity index (χ2n) is 9.53. The molecule has 9 heteroatoms. The van der Waals surface area contributed by atoms with Crippen LogP contribution >= 0.6 is 0 Å². The molecule has 3 aromatic rings. The van der Waals surface area contributed by atoms with Crippen molar-refractivity contribution in [1.82, 2.24) is 30.0 Å². The Labute approximate surface area is 200 Å². The third kappa shape index (κ3) is 5.91. The first-order chi connectivity index (χ1) is 16.2. The number of anilines is 2. The van der Waals surface area contributed by atoms with Gasteiger partial charge in [-0.15, -0.1) is 0 Å². The first-order valence-electron chi connectivity index (χ1n) is 11.6. The molecule has 0 unspecified atom stereocenters. The summed E-state index contributed by atoms with van der Waals surface area (Å²) >= 11 is 0. The molecule has 2 amide bonds. The van der Waals surface area contributed by atoms with Crippen molar-refractivity contribution >= 4 is 17.7 Å². The maximum atomic E-state index is 12.4. The lowest BCUT2D eigenvalue weighted by Gasteiger charge is -2.41. The average Bonchev–Trinajstić information content (AvgIpc) is 3.22. The van der Waals surface area contributed by atoms with Crippen molar-refractivity contribution in [2.24, 2.45) is 0 Å². The molecule has 1 aromatic carbocycles. The summed E-state index contributed by atoms with van der Waals surface area (Å²) in [6.45, 7) is 12.7. The van der Waals surface area contributed by atoms with Gasteiger partial charge < -0.3 is 20.3 Å². The van der Waals surface area contributed by atoms with E-state index in [1.165, 1.54) is 0 Å². The molecule has 0 aliphatic carbocycles. The van der Waals surface area contributed by atoms with Crippen LogP contribution in [-0.2, 0) is 17.8 Å². The van der Waals surface area contributed by atoms with E-state index in [1.807, 2.05) is 63.7 Å². The van der Waals surface area contributed by atoms with Crippen LogP contribution in [0.2, 0.25) is 0 Å². The topological polar surface area (TPSA) is 97.2 Å². The molecule has 1 fully saturated rings. The third-order valence-electron chi connectivity index (χ3n) is 5.59. The molecular weight excluding hydrogens is 430 g/mol. The molecule has 180 valence electrons. The van der Waals surface area contributed by atoms with Gasteiger partial charge in [-0.3, -0.25) is 4.68 Å². The zero-order valence-electron chi connectivity index (χ0n) is 20.5. The van der Waals surface area contributed by atoms with Gasteiger partial charge in [0.1, 0.15) is 0 Å². The van der Waals surface area contributed by atoms with Crippen molar-refractivity contribution in [1.29, 1.82) is 0 Å². The summed E-state index contributed by atoms with van der Waals surface area (Å²) in [7, 11) is 0. The monoisotopic (exact) mass is 463 g/mol. The van der Waals surface area contributed by atoms with Gasteiger partial charge in [-0.25, -0.2) is 14.8 Å². The lowest BCUT2D eigenvalue weighted by molar-refractivity contribution is -0.111. The Morgan fingerprint density at radius 1 is 1.24 bits per heavy atom. The van der Waals surface area contributed by atoms with E-state index in [0.717, 1.165) is 34.6 Å². The van der Waals surface area contributed by atoms with Crippen molar-refractivity contribution in [3.05, 3.63) is 54.0 Å². The second kappa shape index (κ2) is 9.80. The van der Waals surface area contributed by atoms with Gasteiger partial charge in [0.2, 0.25) is 5.95 Å². The van der Waals surface area contributed by atoms with Gasteiger partial charge in [-0.1, -0.05) is 12.1 Å². The van der Waals surface area contributed by atoms with Crippen LogP contribution in [0.4, 0.5) is 16.4 Å². The van der Waals surface area contributed by atoms with Gasteiger partial charge >= 0.3 is 6.03 Å². The van der Waals surface area contributed by atoms with Gasteiger partial charge in [-0.05, 0) is 57.9 Å². The van der Waals surface area contributed by atoms with Crippen molar-refractivity contribution in [2.45, 2.75) is 59.4 Å². The summed E-state index contributed by atoms with van der Waals surface area (Å²) in [4.78, 5) is 23.2. The molecule has 4 rings (SSSR count). The SMILES string of the molecule is CCn1cc(Nc2nccc(-c3ccc(CNC(=O)N4CC(OC(C)(C)C)C4)c(C)c3)n2)cn1. The van der Waals surface area contributed by atoms with Crippen LogP contribution in [0.1, 0.15) is 38.8 Å².